The molecule has 13 heteroatoms. The lowest BCUT2D eigenvalue weighted by atomic mass is 9.85. The molecule has 44 heavy (non-hydrogen) atoms. The van der Waals surface area contributed by atoms with Crippen molar-refractivity contribution in [1.82, 2.24) is 20.9 Å². The summed E-state index contributed by atoms with van der Waals surface area (Å²) in [6.45, 7) is 9.87. The number of urea groups is 1. The molecule has 3 aliphatic carbocycles. The summed E-state index contributed by atoms with van der Waals surface area (Å²) >= 11 is 0. The van der Waals surface area contributed by atoms with Gasteiger partial charge in [0.2, 0.25) is 17.6 Å². The van der Waals surface area contributed by atoms with Crippen molar-refractivity contribution in [3.63, 3.8) is 0 Å². The average Bonchev–Trinajstić information content (AvgIpc) is 3.65. The van der Waals surface area contributed by atoms with Gasteiger partial charge < -0.3 is 36.1 Å². The molecule has 0 aromatic carbocycles. The lowest BCUT2D eigenvalue weighted by Gasteiger charge is -2.38. The Kier molecular flexibility index (Phi) is 9.84. The summed E-state index contributed by atoms with van der Waals surface area (Å²) in [5.74, 6) is -2.53. The van der Waals surface area contributed by atoms with Gasteiger partial charge in [-0.15, -0.1) is 0 Å². The summed E-state index contributed by atoms with van der Waals surface area (Å²) < 4.78 is 9.74. The van der Waals surface area contributed by atoms with Gasteiger partial charge in [-0.05, 0) is 53.8 Å². The molecule has 0 aromatic rings. The van der Waals surface area contributed by atoms with Crippen molar-refractivity contribution in [2.45, 2.75) is 104 Å². The van der Waals surface area contributed by atoms with Crippen molar-refractivity contribution in [3.05, 3.63) is 0 Å². The molecule has 0 bridgehead atoms. The van der Waals surface area contributed by atoms with E-state index < -0.39 is 65.3 Å². The van der Waals surface area contributed by atoms with Crippen molar-refractivity contribution in [1.29, 1.82) is 0 Å². The Labute approximate surface area is 259 Å². The third-order valence-electron chi connectivity index (χ3n) is 10.1. The molecule has 1 saturated heterocycles. The summed E-state index contributed by atoms with van der Waals surface area (Å²) in [5, 5.41) is 8.52. The first-order chi connectivity index (χ1) is 20.6. The Balaban J connectivity index is 1.50. The molecule has 4 fully saturated rings. The number of ketones is 1. The third kappa shape index (κ3) is 7.46. The normalized spacial score (nSPS) is 26.0. The third-order valence-corrected chi connectivity index (χ3v) is 10.1. The van der Waals surface area contributed by atoms with E-state index in [2.05, 4.69) is 20.7 Å². The molecule has 4 rings (SSSR count). The highest BCUT2D eigenvalue weighted by atomic mass is 16.7. The summed E-state index contributed by atoms with van der Waals surface area (Å²) in [5.41, 5.74) is 4.38. The number of ether oxygens (including phenoxy) is 2. The number of carbonyl (C=O) groups is 6. The Morgan fingerprint density at radius 2 is 1.61 bits per heavy atom. The largest absolute Gasteiger partial charge is 0.508 e. The molecule has 6 atom stereocenters. The van der Waals surface area contributed by atoms with Crippen molar-refractivity contribution in [3.8, 4) is 0 Å². The summed E-state index contributed by atoms with van der Waals surface area (Å²) in [4.78, 5) is 78.8. The zero-order valence-electron chi connectivity index (χ0n) is 26.8. The van der Waals surface area contributed by atoms with E-state index in [9.17, 15) is 28.8 Å². The number of hydrogen-bond acceptors (Lipinski definition) is 8. The van der Waals surface area contributed by atoms with Crippen LogP contribution in [-0.4, -0.2) is 85.0 Å². The van der Waals surface area contributed by atoms with E-state index in [1.165, 1.54) is 12.0 Å². The van der Waals surface area contributed by atoms with Crippen molar-refractivity contribution < 1.29 is 38.2 Å². The highest BCUT2D eigenvalue weighted by Gasteiger charge is 2.70. The first kappa shape index (κ1) is 33.5. The molecule has 246 valence electrons. The highest BCUT2D eigenvalue weighted by Crippen LogP contribution is 2.65. The van der Waals surface area contributed by atoms with Crippen molar-refractivity contribution in [2.24, 2.45) is 40.2 Å². The molecule has 5 amide bonds. The fourth-order valence-electron chi connectivity index (χ4n) is 7.19. The number of fused-ring (bicyclic) bond motifs is 1. The molecule has 3 saturated carbocycles. The second-order valence-corrected chi connectivity index (χ2v) is 14.7. The number of amides is 5. The number of primary amides is 1. The smallest absolute Gasteiger partial charge is 0.438 e. The highest BCUT2D eigenvalue weighted by molar-refractivity contribution is 6.37. The minimum Gasteiger partial charge on any atom is -0.438 e. The fraction of sp³-hybridized carbons (Fsp3) is 0.806. The number of nitrogens with zero attached hydrogens (tertiary/aromatic N) is 1. The van der Waals surface area contributed by atoms with Crippen molar-refractivity contribution in [2.75, 3.05) is 20.3 Å². The topological polar surface area (TPSA) is 186 Å². The quantitative estimate of drug-likeness (QED) is 0.188. The predicted octanol–water partition coefficient (Wildman–Crippen LogP) is 1.86. The van der Waals surface area contributed by atoms with Gasteiger partial charge in [0.1, 0.15) is 18.7 Å². The predicted molar refractivity (Wildman–Crippen MR) is 159 cm³/mol. The Morgan fingerprint density at radius 3 is 2.16 bits per heavy atom. The summed E-state index contributed by atoms with van der Waals surface area (Å²) in [6, 6.07) is -3.92. The molecule has 4 aliphatic rings. The maximum Gasteiger partial charge on any atom is 0.508 e. The molecule has 5 N–H and O–H groups in total. The number of nitrogens with one attached hydrogen (secondary N) is 3. The van der Waals surface area contributed by atoms with Gasteiger partial charge in [0.25, 0.3) is 5.91 Å². The lowest BCUT2D eigenvalue weighted by molar-refractivity contribution is -0.145. The van der Waals surface area contributed by atoms with Gasteiger partial charge in [-0.3, -0.25) is 19.2 Å². The van der Waals surface area contributed by atoms with E-state index in [0.29, 0.717) is 13.0 Å². The van der Waals surface area contributed by atoms with Crippen LogP contribution in [0.25, 0.3) is 0 Å². The number of nitrogens with two attached hydrogens (primary N) is 1. The van der Waals surface area contributed by atoms with Crippen LogP contribution < -0.4 is 21.7 Å². The van der Waals surface area contributed by atoms with Gasteiger partial charge in [-0.2, -0.15) is 0 Å². The minimum absolute atomic E-state index is 0.0578. The van der Waals surface area contributed by atoms with Gasteiger partial charge in [-0.1, -0.05) is 60.3 Å². The van der Waals surface area contributed by atoms with Crippen molar-refractivity contribution >= 4 is 35.7 Å². The van der Waals surface area contributed by atoms with Gasteiger partial charge in [0, 0.05) is 6.54 Å². The number of piperidine rings is 1. The number of methoxy groups -OCH3 is 1. The van der Waals surface area contributed by atoms with Crippen LogP contribution in [0.3, 0.4) is 0 Å². The molecule has 0 spiro atoms. The second kappa shape index (κ2) is 12.9. The van der Waals surface area contributed by atoms with Crippen LogP contribution in [0.4, 0.5) is 9.59 Å². The van der Waals surface area contributed by atoms with Crippen LogP contribution in [-0.2, 0) is 28.7 Å². The summed E-state index contributed by atoms with van der Waals surface area (Å²) in [7, 11) is 1.21. The van der Waals surface area contributed by atoms with E-state index >= 15 is 0 Å². The standard InChI is InChI=1S/C31H49N5O8/c1-30(2,3)24(35-28(41)34-20(15-44-29(42)43-6)17-9-7-8-10-17)27(40)36-14-18-21(31(18,4)5)22(36)26(39)33-19(13-16-11-12-16)23(37)25(32)38/h16-22,24H,7-15H2,1-6H3,(H2,32,38)(H,33,39)(H2,34,35,41). The maximum atomic E-state index is 14.2. The molecule has 1 aliphatic heterocycles. The number of likely N-dealkylation sites (tertiary alicyclic amines) is 1. The van der Waals surface area contributed by atoms with E-state index in [0.717, 1.165) is 38.5 Å². The van der Waals surface area contributed by atoms with Gasteiger partial charge in [0.05, 0.1) is 19.2 Å². The zero-order valence-corrected chi connectivity index (χ0v) is 26.8. The van der Waals surface area contributed by atoms with Crippen LogP contribution in [0.15, 0.2) is 0 Å². The Bertz CT molecular complexity index is 1160. The molecule has 6 unspecified atom stereocenters. The van der Waals surface area contributed by atoms with E-state index in [1.54, 1.807) is 0 Å². The monoisotopic (exact) mass is 619 g/mol. The van der Waals surface area contributed by atoms with E-state index in [-0.39, 0.29) is 35.7 Å². The average molecular weight is 620 g/mol. The van der Waals surface area contributed by atoms with Gasteiger partial charge >= 0.3 is 12.2 Å². The Hall–Kier alpha value is -3.38. The summed E-state index contributed by atoms with van der Waals surface area (Å²) in [6.07, 6.45) is 5.10. The van der Waals surface area contributed by atoms with Gasteiger partial charge in [-0.25, -0.2) is 9.59 Å². The molecular formula is C31H49N5O8. The zero-order chi connectivity index (χ0) is 32.6. The first-order valence-corrected chi connectivity index (χ1v) is 15.8. The van der Waals surface area contributed by atoms with E-state index in [1.807, 2.05) is 34.6 Å². The number of rotatable bonds is 12. The van der Waals surface area contributed by atoms with Crippen LogP contribution in [0.2, 0.25) is 0 Å². The fourth-order valence-corrected chi connectivity index (χ4v) is 7.19. The minimum atomic E-state index is -1.10. The molecule has 0 aromatic heterocycles. The van der Waals surface area contributed by atoms with Gasteiger partial charge in [0.15, 0.2) is 0 Å². The molecule has 1 heterocycles. The van der Waals surface area contributed by atoms with Crippen LogP contribution in [0.5, 0.6) is 0 Å². The second-order valence-electron chi connectivity index (χ2n) is 14.7. The SMILES string of the molecule is COC(=O)OCC(NC(=O)NC(C(=O)N1CC2C(C1C(=O)NC(CC1CC1)C(=O)C(N)=O)C2(C)C)C(C)(C)C)C1CCCC1. The number of carbonyl (C=O) groups excluding carboxylic acids is 6. The Morgan fingerprint density at radius 1 is 0.977 bits per heavy atom. The van der Waals surface area contributed by atoms with Crippen LogP contribution in [0, 0.1) is 34.5 Å². The van der Waals surface area contributed by atoms with Crippen LogP contribution in [0.1, 0.15) is 79.6 Å². The van der Waals surface area contributed by atoms with Crippen LogP contribution >= 0.6 is 0 Å². The lowest BCUT2D eigenvalue weighted by Crippen LogP contribution is -2.62. The number of Topliss-reactive ketones (excluding diaryl/α,β-unsaturated/α-hetero) is 1. The molecule has 0 radical (unpaired) electrons. The van der Waals surface area contributed by atoms with E-state index in [4.69, 9.17) is 10.5 Å². The maximum absolute atomic E-state index is 14.2. The molecular weight excluding hydrogens is 570 g/mol. The molecule has 13 nitrogen and oxygen atoms in total. The number of hydrogen-bond donors (Lipinski definition) is 4. The first-order valence-electron chi connectivity index (χ1n) is 15.8.